The highest BCUT2D eigenvalue weighted by Crippen LogP contribution is 2.27. The van der Waals surface area contributed by atoms with E-state index in [2.05, 4.69) is 42.9 Å². The zero-order valence-electron chi connectivity index (χ0n) is 24.9. The summed E-state index contributed by atoms with van der Waals surface area (Å²) in [5, 5.41) is -0.643. The Kier molecular flexibility index (Phi) is 13.7. The number of nitrogens with zero attached hydrogens (tertiary/aromatic N) is 2. The summed E-state index contributed by atoms with van der Waals surface area (Å²) in [6.45, 7) is 8.69. The first-order valence-electron chi connectivity index (χ1n) is 15.2. The number of benzene rings is 2. The molecule has 0 saturated heterocycles. The van der Waals surface area contributed by atoms with Crippen LogP contribution >= 0.6 is 11.6 Å². The smallest absolute Gasteiger partial charge is 0.329 e. The highest BCUT2D eigenvalue weighted by molar-refractivity contribution is 6.30. The molecule has 2 aromatic carbocycles. The Balaban J connectivity index is 1.48. The minimum absolute atomic E-state index is 0.0796. The van der Waals surface area contributed by atoms with E-state index in [1.165, 1.54) is 50.5 Å². The molecule has 40 heavy (non-hydrogen) atoms. The summed E-state index contributed by atoms with van der Waals surface area (Å²) < 4.78 is 5.57. The van der Waals surface area contributed by atoms with E-state index >= 15 is 0 Å². The van der Waals surface area contributed by atoms with Crippen molar-refractivity contribution in [2.75, 3.05) is 0 Å². The number of esters is 1. The van der Waals surface area contributed by atoms with E-state index in [-0.39, 0.29) is 11.9 Å². The van der Waals surface area contributed by atoms with Gasteiger partial charge in [0.25, 0.3) is 0 Å². The summed E-state index contributed by atoms with van der Waals surface area (Å²) >= 11 is 6.41. The molecule has 0 saturated carbocycles. The molecule has 1 heterocycles. The van der Waals surface area contributed by atoms with Crippen molar-refractivity contribution in [2.24, 2.45) is 11.8 Å². The van der Waals surface area contributed by atoms with Crippen molar-refractivity contribution in [3.05, 3.63) is 66.5 Å². The van der Waals surface area contributed by atoms with Gasteiger partial charge in [-0.2, -0.15) is 0 Å². The van der Waals surface area contributed by atoms with Gasteiger partial charge in [0.15, 0.2) is 5.82 Å². The van der Waals surface area contributed by atoms with E-state index < -0.39 is 5.38 Å². The molecular weight excluding hydrogens is 516 g/mol. The fraction of sp³-hybridized carbons (Fsp3) is 0.514. The molecular formula is C35H47ClN2O2. The fourth-order valence-corrected chi connectivity index (χ4v) is 5.02. The van der Waals surface area contributed by atoms with Crippen LogP contribution in [0.25, 0.3) is 22.5 Å². The minimum atomic E-state index is -0.643. The van der Waals surface area contributed by atoms with Crippen LogP contribution in [0.5, 0.6) is 5.75 Å². The molecule has 1 aromatic heterocycles. The van der Waals surface area contributed by atoms with E-state index in [9.17, 15) is 4.79 Å². The van der Waals surface area contributed by atoms with Crippen LogP contribution < -0.4 is 4.74 Å². The van der Waals surface area contributed by atoms with Gasteiger partial charge in [-0.05, 0) is 59.9 Å². The molecule has 216 valence electrons. The van der Waals surface area contributed by atoms with Gasteiger partial charge in [0.05, 0.1) is 0 Å². The molecule has 0 aliphatic rings. The normalized spacial score (nSPS) is 12.8. The summed E-state index contributed by atoms with van der Waals surface area (Å²) in [7, 11) is 0. The third kappa shape index (κ3) is 10.7. The van der Waals surface area contributed by atoms with Crippen LogP contribution in [0.2, 0.25) is 0 Å². The number of halogens is 1. The number of aryl methyl sites for hydroxylation is 1. The van der Waals surface area contributed by atoms with Crippen molar-refractivity contribution in [3.63, 3.8) is 0 Å². The largest absolute Gasteiger partial charge is 0.425 e. The second kappa shape index (κ2) is 17.2. The second-order valence-corrected chi connectivity index (χ2v) is 12.0. The van der Waals surface area contributed by atoms with Crippen molar-refractivity contribution in [1.29, 1.82) is 0 Å². The molecule has 0 fully saturated rings. The van der Waals surface area contributed by atoms with Gasteiger partial charge in [-0.25, -0.2) is 9.97 Å². The number of hydrogen-bond acceptors (Lipinski definition) is 4. The number of carbonyl (C=O) groups is 1. The van der Waals surface area contributed by atoms with Gasteiger partial charge >= 0.3 is 5.97 Å². The molecule has 0 aliphatic carbocycles. The van der Waals surface area contributed by atoms with Crippen LogP contribution in [0.1, 0.15) is 97.5 Å². The third-order valence-corrected chi connectivity index (χ3v) is 8.10. The van der Waals surface area contributed by atoms with Crippen molar-refractivity contribution in [3.8, 4) is 28.3 Å². The Morgan fingerprint density at radius 2 is 1.30 bits per heavy atom. The number of hydrogen-bond donors (Lipinski definition) is 0. The highest BCUT2D eigenvalue weighted by atomic mass is 35.5. The van der Waals surface area contributed by atoms with E-state index in [4.69, 9.17) is 16.3 Å². The molecule has 0 bridgehead atoms. The Morgan fingerprint density at radius 3 is 1.90 bits per heavy atom. The summed E-state index contributed by atoms with van der Waals surface area (Å²) in [6.07, 6.45) is 17.3. The van der Waals surface area contributed by atoms with Gasteiger partial charge in [0.1, 0.15) is 11.1 Å². The maximum absolute atomic E-state index is 12.5. The van der Waals surface area contributed by atoms with Crippen molar-refractivity contribution in [2.45, 2.75) is 104 Å². The Hall–Kier alpha value is -2.72. The summed E-state index contributed by atoms with van der Waals surface area (Å²) in [5.74, 6) is 1.61. The number of rotatable bonds is 17. The van der Waals surface area contributed by atoms with Crippen LogP contribution in [0.3, 0.4) is 0 Å². The van der Waals surface area contributed by atoms with Crippen LogP contribution in [0, 0.1) is 11.8 Å². The Bertz CT molecular complexity index is 1130. The average Bonchev–Trinajstić information content (AvgIpc) is 2.97. The molecule has 0 aliphatic heterocycles. The lowest BCUT2D eigenvalue weighted by molar-refractivity contribution is -0.134. The van der Waals surface area contributed by atoms with Crippen molar-refractivity contribution in [1.82, 2.24) is 9.97 Å². The van der Waals surface area contributed by atoms with E-state index in [0.717, 1.165) is 48.2 Å². The van der Waals surface area contributed by atoms with Crippen molar-refractivity contribution >= 4 is 17.6 Å². The zero-order chi connectivity index (χ0) is 28.7. The summed E-state index contributed by atoms with van der Waals surface area (Å²) in [4.78, 5) is 21.8. The number of unbranched alkanes of at least 4 members (excludes halogenated alkanes) is 6. The number of carbonyl (C=O) groups excluding carboxylic acids is 1. The molecule has 0 radical (unpaired) electrons. The molecule has 4 nitrogen and oxygen atoms in total. The Labute approximate surface area is 246 Å². The first-order chi connectivity index (χ1) is 19.4. The molecule has 3 rings (SSSR count). The van der Waals surface area contributed by atoms with Gasteiger partial charge < -0.3 is 4.74 Å². The molecule has 0 amide bonds. The lowest BCUT2D eigenvalue weighted by Crippen LogP contribution is -2.27. The van der Waals surface area contributed by atoms with Crippen LogP contribution in [-0.4, -0.2) is 21.3 Å². The molecule has 0 spiro atoms. The lowest BCUT2D eigenvalue weighted by atomic mass is 9.97. The average molecular weight is 563 g/mol. The highest BCUT2D eigenvalue weighted by Gasteiger charge is 2.24. The van der Waals surface area contributed by atoms with Gasteiger partial charge in [0, 0.05) is 18.0 Å². The molecule has 2 unspecified atom stereocenters. The predicted molar refractivity (Wildman–Crippen MR) is 168 cm³/mol. The maximum Gasteiger partial charge on any atom is 0.329 e. The van der Waals surface area contributed by atoms with Crippen LogP contribution in [0.15, 0.2) is 60.9 Å². The molecule has 0 N–H and O–H groups in total. The third-order valence-electron chi connectivity index (χ3n) is 7.49. The van der Waals surface area contributed by atoms with Gasteiger partial charge in [0.2, 0.25) is 0 Å². The van der Waals surface area contributed by atoms with Gasteiger partial charge in [-0.1, -0.05) is 115 Å². The quantitative estimate of drug-likeness (QED) is 0.0710. The molecule has 2 atom stereocenters. The zero-order valence-corrected chi connectivity index (χ0v) is 25.6. The van der Waals surface area contributed by atoms with E-state index in [0.29, 0.717) is 11.7 Å². The number of aromatic nitrogens is 2. The summed E-state index contributed by atoms with van der Waals surface area (Å²) in [5.41, 5.74) is 4.32. The van der Waals surface area contributed by atoms with Crippen LogP contribution in [-0.2, 0) is 11.2 Å². The standard InChI is InChI=1S/C35H47ClN2O2/c1-5-6-7-8-9-10-11-15-28-24-37-34(38-25-28)31-18-16-29(17-19-31)30-20-22-32(23-21-30)40-35(39)33(36)27(4)14-12-13-26(2)3/h16-27,33H,5-15H2,1-4H3. The molecule has 3 aromatic rings. The fourth-order valence-electron chi connectivity index (χ4n) is 4.85. The number of alkyl halides is 1. The number of ether oxygens (including phenoxy) is 1. The SMILES string of the molecule is CCCCCCCCCc1cnc(-c2ccc(-c3ccc(OC(=O)C(Cl)C(C)CCCC(C)C)cc3)cc2)nc1. The monoisotopic (exact) mass is 562 g/mol. The Morgan fingerprint density at radius 1 is 0.750 bits per heavy atom. The van der Waals surface area contributed by atoms with E-state index in [1.54, 1.807) is 0 Å². The van der Waals surface area contributed by atoms with Crippen LogP contribution in [0.4, 0.5) is 0 Å². The second-order valence-electron chi connectivity index (χ2n) is 11.5. The topological polar surface area (TPSA) is 52.1 Å². The van der Waals surface area contributed by atoms with Gasteiger partial charge in [-0.15, -0.1) is 11.6 Å². The first-order valence-corrected chi connectivity index (χ1v) is 15.7. The maximum atomic E-state index is 12.5. The summed E-state index contributed by atoms with van der Waals surface area (Å²) in [6, 6.07) is 15.8. The predicted octanol–water partition coefficient (Wildman–Crippen LogP) is 10.1. The first kappa shape index (κ1) is 31.8. The van der Waals surface area contributed by atoms with Gasteiger partial charge in [-0.3, -0.25) is 4.79 Å². The lowest BCUT2D eigenvalue weighted by Gasteiger charge is -2.17. The van der Waals surface area contributed by atoms with E-state index in [1.807, 2.05) is 55.7 Å². The van der Waals surface area contributed by atoms with Crippen molar-refractivity contribution < 1.29 is 9.53 Å². The minimum Gasteiger partial charge on any atom is -0.425 e. The molecule has 5 heteroatoms.